The number of hydrogen-bond donors (Lipinski definition) is 0. The molecule has 26 heavy (non-hydrogen) atoms. The Labute approximate surface area is 151 Å². The number of ether oxygens (including phenoxy) is 1. The van der Waals surface area contributed by atoms with Crippen molar-refractivity contribution in [1.82, 2.24) is 25.1 Å². The van der Waals surface area contributed by atoms with E-state index in [1.807, 2.05) is 37.3 Å². The Morgan fingerprint density at radius 1 is 1.15 bits per heavy atom. The van der Waals surface area contributed by atoms with E-state index in [1.54, 1.807) is 17.2 Å². The third-order valence-electron chi connectivity index (χ3n) is 4.39. The summed E-state index contributed by atoms with van der Waals surface area (Å²) in [4.78, 5) is 23.4. The molecule has 0 radical (unpaired) electrons. The number of amides is 1. The van der Waals surface area contributed by atoms with Crippen molar-refractivity contribution in [2.45, 2.75) is 25.9 Å². The highest BCUT2D eigenvalue weighted by Gasteiger charge is 2.27. The lowest BCUT2D eigenvalue weighted by molar-refractivity contribution is 0.0520. The average molecular weight is 349 g/mol. The molecule has 0 bridgehead atoms. The van der Waals surface area contributed by atoms with E-state index in [0.717, 1.165) is 29.6 Å². The number of para-hydroxylation sites is 2. The van der Waals surface area contributed by atoms with Crippen molar-refractivity contribution in [3.63, 3.8) is 0 Å². The second-order valence-electron chi connectivity index (χ2n) is 6.39. The first-order valence-corrected chi connectivity index (χ1v) is 8.67. The van der Waals surface area contributed by atoms with E-state index < -0.39 is 0 Å². The molecule has 0 spiro atoms. The van der Waals surface area contributed by atoms with Crippen LogP contribution in [0.2, 0.25) is 0 Å². The van der Waals surface area contributed by atoms with Crippen LogP contribution in [0, 0.1) is 6.92 Å². The van der Waals surface area contributed by atoms with Gasteiger partial charge < -0.3 is 9.64 Å². The molecular formula is C19H19N5O2. The third kappa shape index (κ3) is 3.46. The minimum Gasteiger partial charge on any atom is -0.471 e. The summed E-state index contributed by atoms with van der Waals surface area (Å²) in [6.07, 6.45) is 3.19. The molecule has 7 heteroatoms. The zero-order chi connectivity index (χ0) is 17.9. The minimum absolute atomic E-state index is 0.0990. The Hall–Kier alpha value is -3.09. The molecule has 1 aromatic carbocycles. The largest absolute Gasteiger partial charge is 0.471 e. The predicted molar refractivity (Wildman–Crippen MR) is 95.9 cm³/mol. The molecular weight excluding hydrogens is 330 g/mol. The van der Waals surface area contributed by atoms with E-state index in [0.29, 0.717) is 24.7 Å². The van der Waals surface area contributed by atoms with Gasteiger partial charge in [-0.05, 0) is 38.0 Å². The highest BCUT2D eigenvalue weighted by molar-refractivity contribution is 5.93. The second kappa shape index (κ2) is 7.03. The van der Waals surface area contributed by atoms with E-state index >= 15 is 0 Å². The van der Waals surface area contributed by atoms with Crippen LogP contribution in [-0.4, -0.2) is 50.2 Å². The summed E-state index contributed by atoms with van der Waals surface area (Å²) < 4.78 is 5.89. The fourth-order valence-corrected chi connectivity index (χ4v) is 3.06. The van der Waals surface area contributed by atoms with Gasteiger partial charge in [0.2, 0.25) is 5.88 Å². The number of fused-ring (bicyclic) bond motifs is 1. The van der Waals surface area contributed by atoms with Crippen LogP contribution >= 0.6 is 0 Å². The Morgan fingerprint density at radius 3 is 2.81 bits per heavy atom. The van der Waals surface area contributed by atoms with Crippen LogP contribution < -0.4 is 4.74 Å². The van der Waals surface area contributed by atoms with Crippen LogP contribution in [0.3, 0.4) is 0 Å². The molecule has 1 amide bonds. The number of aryl methyl sites for hydroxylation is 1. The fraction of sp³-hybridized carbons (Fsp3) is 0.316. The van der Waals surface area contributed by atoms with Crippen molar-refractivity contribution in [2.75, 3.05) is 13.1 Å². The molecule has 2 aromatic heterocycles. The van der Waals surface area contributed by atoms with Gasteiger partial charge in [-0.25, -0.2) is 4.98 Å². The summed E-state index contributed by atoms with van der Waals surface area (Å²) in [5.41, 5.74) is 2.70. The summed E-state index contributed by atoms with van der Waals surface area (Å²) in [6, 6.07) is 11.2. The van der Waals surface area contributed by atoms with Crippen LogP contribution in [0.1, 0.15) is 29.0 Å². The molecule has 4 rings (SSSR count). The van der Waals surface area contributed by atoms with E-state index in [4.69, 9.17) is 4.74 Å². The summed E-state index contributed by atoms with van der Waals surface area (Å²) in [7, 11) is 0. The summed E-state index contributed by atoms with van der Waals surface area (Å²) in [6.45, 7) is 3.07. The van der Waals surface area contributed by atoms with Gasteiger partial charge in [0.1, 0.15) is 11.8 Å². The van der Waals surface area contributed by atoms with E-state index in [1.165, 1.54) is 0 Å². The quantitative estimate of drug-likeness (QED) is 0.722. The number of hydrogen-bond acceptors (Lipinski definition) is 6. The van der Waals surface area contributed by atoms with Gasteiger partial charge in [-0.3, -0.25) is 9.78 Å². The zero-order valence-electron chi connectivity index (χ0n) is 14.5. The van der Waals surface area contributed by atoms with Gasteiger partial charge in [-0.15, -0.1) is 5.10 Å². The zero-order valence-corrected chi connectivity index (χ0v) is 14.5. The number of benzene rings is 1. The van der Waals surface area contributed by atoms with Crippen molar-refractivity contribution in [1.29, 1.82) is 0 Å². The van der Waals surface area contributed by atoms with Gasteiger partial charge in [0.15, 0.2) is 0 Å². The van der Waals surface area contributed by atoms with E-state index in [-0.39, 0.29) is 12.0 Å². The third-order valence-corrected chi connectivity index (χ3v) is 4.39. The highest BCUT2D eigenvalue weighted by atomic mass is 16.5. The van der Waals surface area contributed by atoms with Crippen molar-refractivity contribution in [3.8, 4) is 5.88 Å². The molecule has 1 atom stereocenters. The standard InChI is InChI=1S/C19H19N5O2/c1-13-8-9-18(23-22-13)26-14-5-4-10-24(12-14)19(25)17-11-20-15-6-2-3-7-16(15)21-17/h2-3,6-9,11,14H,4-5,10,12H2,1H3/t14-/m0/s1. The number of aromatic nitrogens is 4. The van der Waals surface area contributed by atoms with E-state index in [2.05, 4.69) is 20.2 Å². The van der Waals surface area contributed by atoms with Gasteiger partial charge in [-0.1, -0.05) is 12.1 Å². The molecule has 1 fully saturated rings. The highest BCUT2D eigenvalue weighted by Crippen LogP contribution is 2.18. The van der Waals surface area contributed by atoms with Crippen molar-refractivity contribution in [2.24, 2.45) is 0 Å². The molecule has 0 unspecified atom stereocenters. The maximum Gasteiger partial charge on any atom is 0.274 e. The number of piperidine rings is 1. The van der Waals surface area contributed by atoms with Crippen LogP contribution in [0.15, 0.2) is 42.6 Å². The molecule has 1 aliphatic heterocycles. The Morgan fingerprint density at radius 2 is 2.00 bits per heavy atom. The van der Waals surface area contributed by atoms with E-state index in [9.17, 15) is 4.79 Å². The average Bonchev–Trinajstić information content (AvgIpc) is 2.69. The number of nitrogens with zero attached hydrogens (tertiary/aromatic N) is 5. The van der Waals surface area contributed by atoms with Crippen LogP contribution in [0.25, 0.3) is 11.0 Å². The Balaban J connectivity index is 1.47. The molecule has 132 valence electrons. The molecule has 3 aromatic rings. The van der Waals surface area contributed by atoms with Gasteiger partial charge in [-0.2, -0.15) is 5.10 Å². The molecule has 0 aliphatic carbocycles. The Kier molecular flexibility index (Phi) is 4.43. The summed E-state index contributed by atoms with van der Waals surface area (Å²) >= 11 is 0. The van der Waals surface area contributed by atoms with Gasteiger partial charge >= 0.3 is 0 Å². The summed E-state index contributed by atoms with van der Waals surface area (Å²) in [5.74, 6) is 0.368. The first-order chi connectivity index (χ1) is 12.7. The van der Waals surface area contributed by atoms with Crippen molar-refractivity contribution < 1.29 is 9.53 Å². The first-order valence-electron chi connectivity index (χ1n) is 8.67. The lowest BCUT2D eigenvalue weighted by Gasteiger charge is -2.32. The monoisotopic (exact) mass is 349 g/mol. The van der Waals surface area contributed by atoms with Gasteiger partial charge in [0.25, 0.3) is 5.91 Å². The number of carbonyl (C=O) groups is 1. The number of likely N-dealkylation sites (tertiary alicyclic amines) is 1. The molecule has 3 heterocycles. The first kappa shape index (κ1) is 16.4. The van der Waals surface area contributed by atoms with Crippen molar-refractivity contribution in [3.05, 3.63) is 54.0 Å². The van der Waals surface area contributed by atoms with Crippen LogP contribution in [0.4, 0.5) is 0 Å². The molecule has 1 aliphatic rings. The number of rotatable bonds is 3. The van der Waals surface area contributed by atoms with Crippen molar-refractivity contribution >= 4 is 16.9 Å². The summed E-state index contributed by atoms with van der Waals surface area (Å²) in [5, 5.41) is 8.04. The smallest absolute Gasteiger partial charge is 0.274 e. The van der Waals surface area contributed by atoms with Gasteiger partial charge in [0.05, 0.1) is 29.5 Å². The maximum absolute atomic E-state index is 12.8. The predicted octanol–water partition coefficient (Wildman–Crippen LogP) is 2.41. The fourth-order valence-electron chi connectivity index (χ4n) is 3.06. The van der Waals surface area contributed by atoms with Crippen LogP contribution in [-0.2, 0) is 0 Å². The van der Waals surface area contributed by atoms with Crippen LogP contribution in [0.5, 0.6) is 5.88 Å². The molecule has 0 saturated carbocycles. The minimum atomic E-state index is -0.119. The lowest BCUT2D eigenvalue weighted by Crippen LogP contribution is -2.44. The molecule has 7 nitrogen and oxygen atoms in total. The molecule has 0 N–H and O–H groups in total. The second-order valence-corrected chi connectivity index (χ2v) is 6.39. The molecule has 1 saturated heterocycles. The number of carbonyl (C=O) groups excluding carboxylic acids is 1. The van der Waals surface area contributed by atoms with Gasteiger partial charge in [0, 0.05) is 12.6 Å². The Bertz CT molecular complexity index is 929. The maximum atomic E-state index is 12.8. The SMILES string of the molecule is Cc1ccc(O[C@H]2CCCN(C(=O)c3cnc4ccccc4n3)C2)nn1. The lowest BCUT2D eigenvalue weighted by atomic mass is 10.1. The topological polar surface area (TPSA) is 81.1 Å². The normalized spacial score (nSPS) is 17.3.